The van der Waals surface area contributed by atoms with E-state index in [0.717, 1.165) is 23.4 Å². The number of hydrogen-bond acceptors (Lipinski definition) is 3. The van der Waals surface area contributed by atoms with Crippen molar-refractivity contribution in [3.8, 4) is 6.07 Å². The molecule has 0 radical (unpaired) electrons. The molecule has 4 heteroatoms. The van der Waals surface area contributed by atoms with Crippen molar-refractivity contribution in [2.75, 3.05) is 25.0 Å². The van der Waals surface area contributed by atoms with Crippen LogP contribution >= 0.6 is 0 Å². The van der Waals surface area contributed by atoms with Crippen molar-refractivity contribution >= 4 is 11.6 Å². The topological polar surface area (TPSA) is 56.1 Å². The van der Waals surface area contributed by atoms with Crippen molar-refractivity contribution in [1.82, 2.24) is 4.90 Å². The van der Waals surface area contributed by atoms with Gasteiger partial charge in [0.2, 0.25) is 0 Å². The lowest BCUT2D eigenvalue weighted by Crippen LogP contribution is -2.35. The molecule has 0 bridgehead atoms. The number of benzene rings is 1. The summed E-state index contributed by atoms with van der Waals surface area (Å²) in [6, 6.07) is 7.91. The fourth-order valence-corrected chi connectivity index (χ4v) is 2.29. The lowest BCUT2D eigenvalue weighted by atomic mass is 10.1. The molecule has 0 heterocycles. The average Bonchev–Trinajstić information content (AvgIpc) is 2.43. The first-order valence-corrected chi connectivity index (χ1v) is 7.50. The summed E-state index contributed by atoms with van der Waals surface area (Å²) in [6.45, 7) is 10.2. The first kappa shape index (κ1) is 17.0. The predicted molar refractivity (Wildman–Crippen MR) is 86.3 cm³/mol. The van der Waals surface area contributed by atoms with Gasteiger partial charge in [-0.1, -0.05) is 13.8 Å². The summed E-state index contributed by atoms with van der Waals surface area (Å²) >= 11 is 0. The molecule has 114 valence electrons. The number of anilines is 1. The molecule has 0 fully saturated rings. The zero-order valence-corrected chi connectivity index (χ0v) is 13.4. The summed E-state index contributed by atoms with van der Waals surface area (Å²) in [4.78, 5) is 14.5. The van der Waals surface area contributed by atoms with Crippen LogP contribution in [0.4, 0.5) is 5.69 Å². The van der Waals surface area contributed by atoms with Crippen LogP contribution in [-0.2, 0) is 0 Å². The molecule has 0 spiro atoms. The van der Waals surface area contributed by atoms with Gasteiger partial charge in [-0.25, -0.2) is 0 Å². The molecule has 1 N–H and O–H groups in total. The van der Waals surface area contributed by atoms with E-state index < -0.39 is 0 Å². The van der Waals surface area contributed by atoms with Gasteiger partial charge in [0.25, 0.3) is 5.91 Å². The van der Waals surface area contributed by atoms with E-state index in [9.17, 15) is 4.79 Å². The van der Waals surface area contributed by atoms with Crippen LogP contribution in [-0.4, -0.2) is 30.4 Å². The zero-order chi connectivity index (χ0) is 15.8. The van der Waals surface area contributed by atoms with Crippen LogP contribution in [0.5, 0.6) is 0 Å². The molecule has 0 saturated heterocycles. The smallest absolute Gasteiger partial charge is 0.254 e. The molecule has 0 aliphatic heterocycles. The molecule has 1 aromatic carbocycles. The number of amides is 1. The molecule has 21 heavy (non-hydrogen) atoms. The van der Waals surface area contributed by atoms with Crippen LogP contribution in [0.1, 0.15) is 43.1 Å². The van der Waals surface area contributed by atoms with E-state index in [1.54, 1.807) is 4.90 Å². The first-order chi connectivity index (χ1) is 9.99. The summed E-state index contributed by atoms with van der Waals surface area (Å²) < 4.78 is 0. The molecule has 1 aromatic rings. The SMILES string of the molecule is CCNc1ccc(C(=O)N(CCC#N)CC(C)C)c(C)c1. The van der Waals surface area contributed by atoms with Gasteiger partial charge < -0.3 is 10.2 Å². The Labute approximate surface area is 127 Å². The van der Waals surface area contributed by atoms with Crippen molar-refractivity contribution in [2.24, 2.45) is 5.92 Å². The molecule has 1 rings (SSSR count). The van der Waals surface area contributed by atoms with Gasteiger partial charge in [-0.15, -0.1) is 0 Å². The lowest BCUT2D eigenvalue weighted by Gasteiger charge is -2.24. The number of hydrogen-bond donors (Lipinski definition) is 1. The molecule has 0 aliphatic rings. The largest absolute Gasteiger partial charge is 0.385 e. The second kappa shape index (κ2) is 8.31. The average molecular weight is 287 g/mol. The van der Waals surface area contributed by atoms with Crippen molar-refractivity contribution in [3.63, 3.8) is 0 Å². The Hall–Kier alpha value is -2.02. The summed E-state index contributed by atoms with van der Waals surface area (Å²) in [7, 11) is 0. The van der Waals surface area contributed by atoms with Gasteiger partial charge >= 0.3 is 0 Å². The minimum Gasteiger partial charge on any atom is -0.385 e. The zero-order valence-electron chi connectivity index (χ0n) is 13.4. The highest BCUT2D eigenvalue weighted by Gasteiger charge is 2.18. The highest BCUT2D eigenvalue weighted by Crippen LogP contribution is 2.18. The minimum atomic E-state index is 0.0134. The van der Waals surface area contributed by atoms with Gasteiger partial charge in [0.15, 0.2) is 0 Å². The summed E-state index contributed by atoms with van der Waals surface area (Å²) in [5, 5.41) is 12.0. The molecule has 1 amide bonds. The van der Waals surface area contributed by atoms with Crippen LogP contribution < -0.4 is 5.32 Å². The van der Waals surface area contributed by atoms with E-state index in [0.29, 0.717) is 25.4 Å². The molecular formula is C17H25N3O. The third-order valence-electron chi connectivity index (χ3n) is 3.20. The fraction of sp³-hybridized carbons (Fsp3) is 0.529. The van der Waals surface area contributed by atoms with Crippen LogP contribution in [0.2, 0.25) is 0 Å². The van der Waals surface area contributed by atoms with Crippen LogP contribution in [0.25, 0.3) is 0 Å². The minimum absolute atomic E-state index is 0.0134. The number of carbonyl (C=O) groups excluding carboxylic acids is 1. The monoisotopic (exact) mass is 287 g/mol. The number of rotatable bonds is 7. The van der Waals surface area contributed by atoms with Gasteiger partial charge in [0.1, 0.15) is 0 Å². The molecule has 4 nitrogen and oxygen atoms in total. The molecule has 0 unspecified atom stereocenters. The number of nitrogens with zero attached hydrogens (tertiary/aromatic N) is 2. The van der Waals surface area contributed by atoms with Crippen molar-refractivity contribution < 1.29 is 4.79 Å². The maximum absolute atomic E-state index is 12.7. The van der Waals surface area contributed by atoms with Crippen molar-refractivity contribution in [2.45, 2.75) is 34.1 Å². The Morgan fingerprint density at radius 3 is 2.67 bits per heavy atom. The van der Waals surface area contributed by atoms with Gasteiger partial charge in [0.05, 0.1) is 12.5 Å². The summed E-state index contributed by atoms with van der Waals surface area (Å²) in [5.41, 5.74) is 2.71. The quantitative estimate of drug-likeness (QED) is 0.835. The summed E-state index contributed by atoms with van der Waals surface area (Å²) in [6.07, 6.45) is 0.368. The lowest BCUT2D eigenvalue weighted by molar-refractivity contribution is 0.0739. The molecule has 0 aromatic heterocycles. The maximum atomic E-state index is 12.7. The van der Waals surface area contributed by atoms with Gasteiger partial charge in [0, 0.05) is 30.9 Å². The molecule has 0 atom stereocenters. The number of nitriles is 1. The Balaban J connectivity index is 2.94. The third-order valence-corrected chi connectivity index (χ3v) is 3.20. The second-order valence-electron chi connectivity index (χ2n) is 5.61. The highest BCUT2D eigenvalue weighted by molar-refractivity contribution is 5.96. The van der Waals surface area contributed by atoms with E-state index in [1.165, 1.54) is 0 Å². The van der Waals surface area contributed by atoms with Crippen molar-refractivity contribution in [1.29, 1.82) is 5.26 Å². The Morgan fingerprint density at radius 2 is 2.14 bits per heavy atom. The third kappa shape index (κ3) is 5.11. The van der Waals surface area contributed by atoms with Gasteiger partial charge in [-0.3, -0.25) is 4.79 Å². The van der Waals surface area contributed by atoms with E-state index >= 15 is 0 Å². The number of aryl methyl sites for hydroxylation is 1. The van der Waals surface area contributed by atoms with E-state index in [-0.39, 0.29) is 5.91 Å². The van der Waals surface area contributed by atoms with Gasteiger partial charge in [-0.2, -0.15) is 5.26 Å². The Bertz CT molecular complexity index is 517. The fourth-order valence-electron chi connectivity index (χ4n) is 2.29. The van der Waals surface area contributed by atoms with Crippen LogP contribution in [0.15, 0.2) is 18.2 Å². The normalized spacial score (nSPS) is 10.3. The molecular weight excluding hydrogens is 262 g/mol. The Morgan fingerprint density at radius 1 is 1.43 bits per heavy atom. The number of nitrogens with one attached hydrogen (secondary N) is 1. The van der Waals surface area contributed by atoms with Crippen molar-refractivity contribution in [3.05, 3.63) is 29.3 Å². The maximum Gasteiger partial charge on any atom is 0.254 e. The van der Waals surface area contributed by atoms with E-state index in [2.05, 4.69) is 25.2 Å². The Kier molecular flexibility index (Phi) is 6.74. The van der Waals surface area contributed by atoms with Crippen LogP contribution in [0.3, 0.4) is 0 Å². The van der Waals surface area contributed by atoms with E-state index in [1.807, 2.05) is 32.0 Å². The standard InChI is InChI=1S/C17H25N3O/c1-5-19-15-7-8-16(14(4)11-15)17(21)20(10-6-9-18)12-13(2)3/h7-8,11,13,19H,5-6,10,12H2,1-4H3. The first-order valence-electron chi connectivity index (χ1n) is 7.50. The molecule has 0 aliphatic carbocycles. The summed E-state index contributed by atoms with van der Waals surface area (Å²) in [5.74, 6) is 0.397. The predicted octanol–water partition coefficient (Wildman–Crippen LogP) is 3.44. The second-order valence-corrected chi connectivity index (χ2v) is 5.61. The highest BCUT2D eigenvalue weighted by atomic mass is 16.2. The van der Waals surface area contributed by atoms with Crippen LogP contribution in [0, 0.1) is 24.2 Å². The number of carbonyl (C=O) groups is 1. The van der Waals surface area contributed by atoms with Gasteiger partial charge in [-0.05, 0) is 43.5 Å². The molecule has 0 saturated carbocycles. The van der Waals surface area contributed by atoms with E-state index in [4.69, 9.17) is 5.26 Å².